The van der Waals surface area contributed by atoms with Gasteiger partial charge in [-0.1, -0.05) is 12.1 Å². The highest BCUT2D eigenvalue weighted by Gasteiger charge is 2.16. The molecule has 162 valence electrons. The van der Waals surface area contributed by atoms with Crippen molar-refractivity contribution < 1.29 is 17.9 Å². The Kier molecular flexibility index (Phi) is 7.21. The number of ether oxygens (including phenoxy) is 1. The first-order valence-electron chi connectivity index (χ1n) is 9.39. The summed E-state index contributed by atoms with van der Waals surface area (Å²) in [5, 5.41) is 5.69. The average Bonchev–Trinajstić information content (AvgIpc) is 3.17. The quantitative estimate of drug-likeness (QED) is 0.518. The van der Waals surface area contributed by atoms with Gasteiger partial charge >= 0.3 is 0 Å². The lowest BCUT2D eigenvalue weighted by atomic mass is 10.2. The van der Waals surface area contributed by atoms with Crippen molar-refractivity contribution >= 4 is 39.0 Å². The van der Waals surface area contributed by atoms with Gasteiger partial charge in [0.05, 0.1) is 15.6 Å². The number of anilines is 1. The highest BCUT2D eigenvalue weighted by molar-refractivity contribution is 7.89. The monoisotopic (exact) mass is 457 g/mol. The molecule has 0 bridgehead atoms. The number of carbonyl (C=O) groups excluding carboxylic acids is 1. The molecular weight excluding hydrogens is 434 g/mol. The van der Waals surface area contributed by atoms with Crippen molar-refractivity contribution in [2.75, 3.05) is 19.4 Å². The molecule has 0 atom stereocenters. The maximum absolute atomic E-state index is 12.1. The minimum absolute atomic E-state index is 0.165. The molecule has 3 aromatic rings. The van der Waals surface area contributed by atoms with E-state index in [1.807, 2.05) is 36.6 Å². The molecule has 1 heterocycles. The topological polar surface area (TPSA) is 88.6 Å². The molecule has 0 unspecified atom stereocenters. The molecule has 1 aromatic heterocycles. The van der Waals surface area contributed by atoms with Gasteiger partial charge in [0, 0.05) is 31.2 Å². The second-order valence-corrected chi connectivity index (χ2v) is 10.1. The Balaban J connectivity index is 1.53. The Morgan fingerprint density at radius 1 is 1.13 bits per heavy atom. The van der Waals surface area contributed by atoms with Gasteiger partial charge in [-0.05, 0) is 55.0 Å². The summed E-state index contributed by atoms with van der Waals surface area (Å²) in [7, 11) is -0.561. The van der Waals surface area contributed by atoms with E-state index in [-0.39, 0.29) is 10.8 Å². The minimum atomic E-state index is -3.50. The summed E-state index contributed by atoms with van der Waals surface area (Å²) in [6.45, 7) is 2.37. The van der Waals surface area contributed by atoms with Crippen LogP contribution in [0.1, 0.15) is 16.3 Å². The molecule has 0 aliphatic rings. The third-order valence-corrected chi connectivity index (χ3v) is 6.91. The van der Waals surface area contributed by atoms with Crippen LogP contribution in [0.3, 0.4) is 0 Å². The van der Waals surface area contributed by atoms with E-state index in [2.05, 4.69) is 10.3 Å². The molecule has 9 heteroatoms. The van der Waals surface area contributed by atoms with Gasteiger partial charge in [0.2, 0.25) is 15.9 Å². The maximum atomic E-state index is 12.1. The second kappa shape index (κ2) is 9.86. The Morgan fingerprint density at radius 3 is 2.39 bits per heavy atom. The maximum Gasteiger partial charge on any atom is 0.248 e. The number of hydrogen-bond acceptors (Lipinski definition) is 6. The number of hydrogen-bond donors (Lipinski definition) is 1. The van der Waals surface area contributed by atoms with Crippen molar-refractivity contribution in [3.05, 3.63) is 76.3 Å². The first-order chi connectivity index (χ1) is 14.7. The summed E-state index contributed by atoms with van der Waals surface area (Å²) in [5.74, 6) is 0.405. The van der Waals surface area contributed by atoms with Crippen LogP contribution in [-0.4, -0.2) is 37.7 Å². The van der Waals surface area contributed by atoms with Gasteiger partial charge in [-0.25, -0.2) is 17.7 Å². The van der Waals surface area contributed by atoms with E-state index in [0.29, 0.717) is 12.3 Å². The lowest BCUT2D eigenvalue weighted by molar-refractivity contribution is -0.111. The first kappa shape index (κ1) is 22.7. The van der Waals surface area contributed by atoms with Gasteiger partial charge < -0.3 is 10.1 Å². The zero-order chi connectivity index (χ0) is 22.4. The lowest BCUT2D eigenvalue weighted by Gasteiger charge is -2.11. The summed E-state index contributed by atoms with van der Waals surface area (Å²) in [6, 6.07) is 13.4. The molecule has 1 N–H and O–H groups in total. The van der Waals surface area contributed by atoms with Crippen molar-refractivity contribution in [3.8, 4) is 5.75 Å². The van der Waals surface area contributed by atoms with E-state index in [4.69, 9.17) is 4.74 Å². The summed E-state index contributed by atoms with van der Waals surface area (Å²) in [6.07, 6.45) is 3.10. The Labute approximate surface area is 186 Å². The Hall–Kier alpha value is -3.01. The Bertz CT molecular complexity index is 1170. The van der Waals surface area contributed by atoms with Crippen LogP contribution in [0.25, 0.3) is 6.08 Å². The molecule has 0 fully saturated rings. The standard InChI is InChI=1S/C22H23N3O4S2/c1-16-23-19(15-30-16)14-29-20-9-4-17(5-10-20)6-13-22(26)24-18-7-11-21(12-8-18)31(27,28)25(2)3/h4-13,15H,14H2,1-3H3,(H,24,26)/b13-6+. The summed E-state index contributed by atoms with van der Waals surface area (Å²) < 4.78 is 31.0. The van der Waals surface area contributed by atoms with Gasteiger partial charge in [0.15, 0.2) is 0 Å². The van der Waals surface area contributed by atoms with Gasteiger partial charge in [0.1, 0.15) is 12.4 Å². The molecule has 7 nitrogen and oxygen atoms in total. The number of carbonyl (C=O) groups is 1. The SMILES string of the molecule is Cc1nc(COc2ccc(/C=C/C(=O)Nc3ccc(S(=O)(=O)N(C)C)cc3)cc2)cs1. The fourth-order valence-corrected chi connectivity index (χ4v) is 4.08. The van der Waals surface area contributed by atoms with Crippen molar-refractivity contribution in [3.63, 3.8) is 0 Å². The van der Waals surface area contributed by atoms with Crippen LogP contribution in [0, 0.1) is 6.92 Å². The van der Waals surface area contributed by atoms with Crippen molar-refractivity contribution in [1.82, 2.24) is 9.29 Å². The second-order valence-electron chi connectivity index (χ2n) is 6.85. The number of amides is 1. The van der Waals surface area contributed by atoms with Crippen molar-refractivity contribution in [2.24, 2.45) is 0 Å². The highest BCUT2D eigenvalue weighted by atomic mass is 32.2. The van der Waals surface area contributed by atoms with Gasteiger partial charge in [0.25, 0.3) is 0 Å². The fraction of sp³-hybridized carbons (Fsp3) is 0.182. The number of rotatable bonds is 8. The molecule has 0 radical (unpaired) electrons. The fourth-order valence-electron chi connectivity index (χ4n) is 2.58. The first-order valence-corrected chi connectivity index (χ1v) is 11.7. The third-order valence-electron chi connectivity index (χ3n) is 4.26. The predicted molar refractivity (Wildman–Crippen MR) is 123 cm³/mol. The van der Waals surface area contributed by atoms with Crippen molar-refractivity contribution in [1.29, 1.82) is 0 Å². The average molecular weight is 458 g/mol. The summed E-state index contributed by atoms with van der Waals surface area (Å²) >= 11 is 1.59. The number of nitrogens with zero attached hydrogens (tertiary/aromatic N) is 2. The van der Waals surface area contributed by atoms with Crippen LogP contribution in [0.5, 0.6) is 5.75 Å². The molecule has 0 aliphatic heterocycles. The van der Waals surface area contributed by atoms with E-state index in [9.17, 15) is 13.2 Å². The van der Waals surface area contributed by atoms with E-state index < -0.39 is 10.0 Å². The molecular formula is C22H23N3O4S2. The zero-order valence-corrected chi connectivity index (χ0v) is 19.0. The highest BCUT2D eigenvalue weighted by Crippen LogP contribution is 2.18. The number of benzene rings is 2. The molecule has 0 spiro atoms. The third kappa shape index (κ3) is 6.24. The Morgan fingerprint density at radius 2 is 1.81 bits per heavy atom. The number of aromatic nitrogens is 1. The van der Waals surface area contributed by atoms with E-state index in [1.54, 1.807) is 29.5 Å². The molecule has 0 aliphatic carbocycles. The normalized spacial score (nSPS) is 11.7. The molecule has 0 saturated carbocycles. The summed E-state index contributed by atoms with van der Waals surface area (Å²) in [4.78, 5) is 16.7. The molecule has 1 amide bonds. The van der Waals surface area contributed by atoms with Gasteiger partial charge in [-0.15, -0.1) is 11.3 Å². The van der Waals surface area contributed by atoms with Gasteiger partial charge in [-0.2, -0.15) is 0 Å². The van der Waals surface area contributed by atoms with Crippen LogP contribution in [-0.2, 0) is 21.4 Å². The predicted octanol–water partition coefficient (Wildman–Crippen LogP) is 3.93. The van der Waals surface area contributed by atoms with E-state index >= 15 is 0 Å². The van der Waals surface area contributed by atoms with E-state index in [0.717, 1.165) is 26.3 Å². The molecule has 0 saturated heterocycles. The van der Waals surface area contributed by atoms with Crippen LogP contribution in [0.4, 0.5) is 5.69 Å². The van der Waals surface area contributed by atoms with Crippen LogP contribution < -0.4 is 10.1 Å². The number of sulfonamides is 1. The molecule has 31 heavy (non-hydrogen) atoms. The van der Waals surface area contributed by atoms with Crippen LogP contribution >= 0.6 is 11.3 Å². The number of nitrogens with one attached hydrogen (secondary N) is 1. The van der Waals surface area contributed by atoms with Crippen LogP contribution in [0.15, 0.2) is 64.9 Å². The van der Waals surface area contributed by atoms with Gasteiger partial charge in [-0.3, -0.25) is 4.79 Å². The minimum Gasteiger partial charge on any atom is -0.487 e. The zero-order valence-electron chi connectivity index (χ0n) is 17.4. The number of thiazole rings is 1. The smallest absolute Gasteiger partial charge is 0.248 e. The molecule has 2 aromatic carbocycles. The lowest BCUT2D eigenvalue weighted by Crippen LogP contribution is -2.22. The van der Waals surface area contributed by atoms with E-state index in [1.165, 1.54) is 32.3 Å². The summed E-state index contributed by atoms with van der Waals surface area (Å²) in [5.41, 5.74) is 2.25. The van der Waals surface area contributed by atoms with Crippen molar-refractivity contribution in [2.45, 2.75) is 18.4 Å². The molecule has 3 rings (SSSR count). The largest absolute Gasteiger partial charge is 0.487 e. The van der Waals surface area contributed by atoms with Crippen LogP contribution in [0.2, 0.25) is 0 Å². The number of aryl methyl sites for hydroxylation is 1.